The third kappa shape index (κ3) is 6.23. The summed E-state index contributed by atoms with van der Waals surface area (Å²) >= 11 is 0. The first kappa shape index (κ1) is 26.7. The molecule has 5 aromatic rings. The van der Waals surface area contributed by atoms with E-state index < -0.39 is 8.07 Å². The summed E-state index contributed by atoms with van der Waals surface area (Å²) in [5.41, 5.74) is 3.39. The van der Waals surface area contributed by atoms with Gasteiger partial charge >= 0.3 is 0 Å². The lowest BCUT2D eigenvalue weighted by Crippen LogP contribution is -2.64. The third-order valence-electron chi connectivity index (χ3n) is 8.17. The topological polar surface area (TPSA) is 17.8 Å². The number of hydrogen-bond acceptors (Lipinski definition) is 1. The van der Waals surface area contributed by atoms with Crippen LogP contribution in [0.25, 0.3) is 0 Å². The van der Waals surface area contributed by atoms with Crippen molar-refractivity contribution in [3.8, 4) is 0 Å². The van der Waals surface area contributed by atoms with Gasteiger partial charge in [-0.2, -0.15) is 0 Å². The fourth-order valence-corrected chi connectivity index (χ4v) is 11.9. The maximum Gasteiger partial charge on any atom is 0.233 e. The summed E-state index contributed by atoms with van der Waals surface area (Å²) < 4.78 is 2.31. The molecule has 0 atom stereocenters. The van der Waals surface area contributed by atoms with E-state index in [4.69, 9.17) is 0 Å². The van der Waals surface area contributed by atoms with Crippen molar-refractivity contribution in [1.29, 1.82) is 0 Å². The lowest BCUT2D eigenvalue weighted by atomic mass is 9.41. The van der Waals surface area contributed by atoms with Crippen LogP contribution in [0.3, 0.4) is 0 Å². The van der Waals surface area contributed by atoms with Gasteiger partial charge in [-0.05, 0) is 5.54 Å². The lowest BCUT2D eigenvalue weighted by Gasteiger charge is -2.38. The fraction of sp³-hybridized carbons (Fsp3) is 0.171. The van der Waals surface area contributed by atoms with Gasteiger partial charge in [0.1, 0.15) is 8.07 Å². The van der Waals surface area contributed by atoms with Crippen LogP contribution in [0.15, 0.2) is 153 Å². The van der Waals surface area contributed by atoms with E-state index in [0.29, 0.717) is 6.71 Å². The van der Waals surface area contributed by atoms with Crippen LogP contribution in [0.1, 0.15) is 25.7 Å². The molecular formula is C35H37BN2Si. The van der Waals surface area contributed by atoms with E-state index >= 15 is 0 Å². The summed E-state index contributed by atoms with van der Waals surface area (Å²) in [6.07, 6.45) is 12.6. The summed E-state index contributed by atoms with van der Waals surface area (Å²) in [5, 5.41) is 3.13. The molecule has 1 heterocycles. The van der Waals surface area contributed by atoms with E-state index in [9.17, 15) is 0 Å². The summed E-state index contributed by atoms with van der Waals surface area (Å²) in [6.45, 7) is 4.21. The molecule has 1 saturated carbocycles. The Bertz CT molecular complexity index is 1310. The van der Waals surface area contributed by atoms with E-state index in [1.165, 1.54) is 36.6 Å². The highest BCUT2D eigenvalue weighted by Gasteiger charge is 2.45. The quantitative estimate of drug-likeness (QED) is 0.240. The first-order chi connectivity index (χ1) is 19.3. The molecule has 1 aromatic heterocycles. The van der Waals surface area contributed by atoms with Crippen molar-refractivity contribution in [1.82, 2.24) is 9.55 Å². The van der Waals surface area contributed by atoms with Crippen molar-refractivity contribution in [3.05, 3.63) is 153 Å². The minimum atomic E-state index is -1.90. The summed E-state index contributed by atoms with van der Waals surface area (Å²) in [6, 6.07) is 43.5. The zero-order valence-corrected chi connectivity index (χ0v) is 23.6. The minimum Gasteiger partial charge on any atom is -0.340 e. The number of imidazole rings is 1. The molecule has 0 bridgehead atoms. The molecular weight excluding hydrogens is 487 g/mol. The van der Waals surface area contributed by atoms with Crippen molar-refractivity contribution in [3.63, 3.8) is 0 Å². The Labute approximate surface area is 235 Å². The molecule has 6 rings (SSSR count). The molecule has 0 spiro atoms. The Morgan fingerprint density at radius 2 is 1.18 bits per heavy atom. The highest BCUT2D eigenvalue weighted by Crippen LogP contribution is 2.39. The number of benzene rings is 4. The third-order valence-corrected chi connectivity index (χ3v) is 13.7. The van der Waals surface area contributed by atoms with Gasteiger partial charge in [-0.15, -0.1) is 12.6 Å². The molecule has 1 fully saturated rings. The van der Waals surface area contributed by atoms with Crippen LogP contribution in [0.4, 0.5) is 0 Å². The van der Waals surface area contributed by atoms with E-state index in [0.717, 1.165) is 11.7 Å². The fourth-order valence-electron chi connectivity index (χ4n) is 6.29. The van der Waals surface area contributed by atoms with Gasteiger partial charge in [0.25, 0.3) is 0 Å². The molecule has 0 amide bonds. The van der Waals surface area contributed by atoms with Gasteiger partial charge in [-0.25, -0.2) is 4.98 Å². The number of nitrogens with zero attached hydrogens (tertiary/aromatic N) is 2. The largest absolute Gasteiger partial charge is 0.340 e. The Balaban J connectivity index is 0.000000177. The van der Waals surface area contributed by atoms with Crippen molar-refractivity contribution in [2.24, 2.45) is 0 Å². The molecule has 194 valence electrons. The van der Waals surface area contributed by atoms with Gasteiger partial charge in [-0.3, -0.25) is 0 Å². The summed E-state index contributed by atoms with van der Waals surface area (Å²) in [7, 11) is -1.90. The molecule has 39 heavy (non-hydrogen) atoms. The SMILES string of the molecule is C=CB(c1ccccc1)c1ccccc1.c1ccc([Si](Cn2ccnc2)(c2ccccc2)C2CCCC2)cc1. The molecule has 2 nitrogen and oxygen atoms in total. The van der Waals surface area contributed by atoms with Crippen LogP contribution >= 0.6 is 0 Å². The number of rotatable bonds is 8. The molecule has 0 unspecified atom stereocenters. The van der Waals surface area contributed by atoms with E-state index in [-0.39, 0.29) is 0 Å². The first-order valence-corrected chi connectivity index (χ1v) is 16.4. The van der Waals surface area contributed by atoms with Crippen LogP contribution in [0.5, 0.6) is 0 Å². The van der Waals surface area contributed by atoms with Crippen LogP contribution in [0, 0.1) is 0 Å². The van der Waals surface area contributed by atoms with Crippen molar-refractivity contribution < 1.29 is 0 Å². The molecule has 0 radical (unpaired) electrons. The standard InChI is InChI=1S/C21H24N2Si.C14H13B/c1-3-9-19(10-4-1)24(21-13-7-8-14-21,18-23-16-15-22-17-23)20-11-5-2-6-12-20;1-2-15(13-9-5-3-6-10-13)14-11-7-4-8-12-14/h1-6,9-12,15-17,21H,7-8,13-14,18H2;2-12H,1H2. The average Bonchev–Trinajstić information content (AvgIpc) is 3.74. The molecule has 0 aliphatic heterocycles. The van der Waals surface area contributed by atoms with E-state index in [1.807, 2.05) is 30.6 Å². The monoisotopic (exact) mass is 524 g/mol. The van der Waals surface area contributed by atoms with Crippen molar-refractivity contribution in [2.45, 2.75) is 37.4 Å². The second-order valence-electron chi connectivity index (χ2n) is 10.5. The maximum absolute atomic E-state index is 4.31. The van der Waals surface area contributed by atoms with Gasteiger partial charge in [0.05, 0.1) is 6.33 Å². The van der Waals surface area contributed by atoms with Crippen LogP contribution in [-0.2, 0) is 6.17 Å². The zero-order valence-electron chi connectivity index (χ0n) is 22.6. The smallest absolute Gasteiger partial charge is 0.233 e. The highest BCUT2D eigenvalue weighted by molar-refractivity contribution is 7.02. The normalized spacial score (nSPS) is 13.3. The van der Waals surface area contributed by atoms with Crippen LogP contribution in [-0.4, -0.2) is 24.3 Å². The van der Waals surface area contributed by atoms with Crippen LogP contribution in [0.2, 0.25) is 5.54 Å². The van der Waals surface area contributed by atoms with E-state index in [1.54, 1.807) is 10.4 Å². The van der Waals surface area contributed by atoms with Gasteiger partial charge in [0, 0.05) is 18.6 Å². The predicted molar refractivity (Wildman–Crippen MR) is 170 cm³/mol. The molecule has 1 aliphatic rings. The predicted octanol–water partition coefficient (Wildman–Crippen LogP) is 5.65. The Kier molecular flexibility index (Phi) is 9.08. The van der Waals surface area contributed by atoms with Gasteiger partial charge < -0.3 is 4.57 Å². The van der Waals surface area contributed by atoms with E-state index in [2.05, 4.69) is 132 Å². The maximum atomic E-state index is 4.31. The number of aromatic nitrogens is 2. The average molecular weight is 525 g/mol. The van der Waals surface area contributed by atoms with Gasteiger partial charge in [0.15, 0.2) is 0 Å². The highest BCUT2D eigenvalue weighted by atomic mass is 28.3. The molecule has 4 heteroatoms. The Hall–Kier alpha value is -3.89. The molecule has 0 N–H and O–H groups in total. The summed E-state index contributed by atoms with van der Waals surface area (Å²) in [5.74, 6) is 1.99. The van der Waals surface area contributed by atoms with Gasteiger partial charge in [-0.1, -0.05) is 168 Å². The molecule has 0 saturated heterocycles. The lowest BCUT2D eigenvalue weighted by molar-refractivity contribution is 0.782. The van der Waals surface area contributed by atoms with Crippen LogP contribution < -0.4 is 21.3 Å². The Morgan fingerprint density at radius 1 is 0.718 bits per heavy atom. The molecule has 4 aromatic carbocycles. The second kappa shape index (κ2) is 13.3. The molecule has 1 aliphatic carbocycles. The Morgan fingerprint density at radius 3 is 1.59 bits per heavy atom. The van der Waals surface area contributed by atoms with Crippen molar-refractivity contribution >= 4 is 36.1 Å². The minimum absolute atomic E-state index is 0.299. The first-order valence-electron chi connectivity index (χ1n) is 14.1. The second-order valence-corrected chi connectivity index (χ2v) is 14.7. The number of hydrogen-bond donors (Lipinski definition) is 0. The zero-order chi connectivity index (χ0) is 26.8. The summed E-state index contributed by atoms with van der Waals surface area (Å²) in [4.78, 5) is 4.31. The van der Waals surface area contributed by atoms with Crippen molar-refractivity contribution in [2.75, 3.05) is 0 Å². The van der Waals surface area contributed by atoms with Gasteiger partial charge in [0.2, 0.25) is 6.71 Å².